The first-order valence-electron chi connectivity index (χ1n) is 9.94. The van der Waals surface area contributed by atoms with Crippen LogP contribution in [-0.2, 0) is 9.53 Å². The summed E-state index contributed by atoms with van der Waals surface area (Å²) >= 11 is 0. The van der Waals surface area contributed by atoms with Gasteiger partial charge >= 0.3 is 5.97 Å². The van der Waals surface area contributed by atoms with Crippen molar-refractivity contribution in [2.45, 2.75) is 102 Å². The molecule has 0 aromatic carbocycles. The molecule has 0 aromatic heterocycles. The molecule has 1 unspecified atom stereocenters. The first-order chi connectivity index (χ1) is 11.7. The second-order valence-electron chi connectivity index (χ2n) is 6.72. The summed E-state index contributed by atoms with van der Waals surface area (Å²) < 4.78 is 4.86. The maximum absolute atomic E-state index is 11.4. The van der Waals surface area contributed by atoms with Crippen LogP contribution in [0.15, 0.2) is 0 Å². The van der Waals surface area contributed by atoms with E-state index in [-0.39, 0.29) is 19.2 Å². The van der Waals surface area contributed by atoms with Crippen LogP contribution < -0.4 is 0 Å². The van der Waals surface area contributed by atoms with Gasteiger partial charge in [-0.1, -0.05) is 90.4 Å². The number of esters is 1. The Balaban J connectivity index is 3.13. The number of carbonyl (C=O) groups excluding carboxylic acids is 1. The largest absolute Gasteiger partial charge is 0.463 e. The number of rotatable bonds is 18. The molecule has 1 radical (unpaired) electrons. The summed E-state index contributed by atoms with van der Waals surface area (Å²) in [5.41, 5.74) is 0. The van der Waals surface area contributed by atoms with Crippen LogP contribution in [0.2, 0.25) is 0 Å². The quantitative estimate of drug-likeness (QED) is 0.283. The van der Waals surface area contributed by atoms with Crippen LogP contribution in [0.4, 0.5) is 0 Å². The summed E-state index contributed by atoms with van der Waals surface area (Å²) in [5.74, 6) is -0.280. The minimum Gasteiger partial charge on any atom is -0.463 e. The second-order valence-corrected chi connectivity index (χ2v) is 6.72. The SMILES string of the molecule is [CH2]CCCCCCCCCCCCCCCC(=O)OCC(O)CO. The van der Waals surface area contributed by atoms with E-state index in [2.05, 4.69) is 6.92 Å². The Kier molecular flexibility index (Phi) is 18.2. The summed E-state index contributed by atoms with van der Waals surface area (Å²) in [4.78, 5) is 11.4. The van der Waals surface area contributed by atoms with Crippen LogP contribution >= 0.6 is 0 Å². The molecule has 0 saturated carbocycles. The molecule has 0 aromatic rings. The van der Waals surface area contributed by atoms with Gasteiger partial charge in [0.05, 0.1) is 6.61 Å². The summed E-state index contributed by atoms with van der Waals surface area (Å²) in [6.45, 7) is 3.39. The highest BCUT2D eigenvalue weighted by atomic mass is 16.5. The number of aliphatic hydroxyl groups is 2. The predicted molar refractivity (Wildman–Crippen MR) is 98.7 cm³/mol. The van der Waals surface area contributed by atoms with Crippen molar-refractivity contribution in [3.63, 3.8) is 0 Å². The maximum Gasteiger partial charge on any atom is 0.305 e. The van der Waals surface area contributed by atoms with E-state index < -0.39 is 6.10 Å². The first kappa shape index (κ1) is 23.4. The molecule has 0 aliphatic rings. The van der Waals surface area contributed by atoms with E-state index >= 15 is 0 Å². The van der Waals surface area contributed by atoms with Gasteiger partial charge in [-0.2, -0.15) is 0 Å². The van der Waals surface area contributed by atoms with Gasteiger partial charge in [0.1, 0.15) is 12.7 Å². The molecule has 2 N–H and O–H groups in total. The normalized spacial score (nSPS) is 12.3. The van der Waals surface area contributed by atoms with E-state index in [1.165, 1.54) is 70.6 Å². The average molecular weight is 344 g/mol. The van der Waals surface area contributed by atoms with E-state index in [0.29, 0.717) is 6.42 Å². The molecule has 143 valence electrons. The van der Waals surface area contributed by atoms with Crippen molar-refractivity contribution in [1.82, 2.24) is 0 Å². The van der Waals surface area contributed by atoms with Crippen molar-refractivity contribution >= 4 is 5.97 Å². The van der Waals surface area contributed by atoms with Crippen LogP contribution in [0.5, 0.6) is 0 Å². The Bertz CT molecular complexity index is 268. The lowest BCUT2D eigenvalue weighted by Crippen LogP contribution is -2.21. The van der Waals surface area contributed by atoms with Crippen LogP contribution in [0.3, 0.4) is 0 Å². The summed E-state index contributed by atoms with van der Waals surface area (Å²) in [7, 11) is 0. The van der Waals surface area contributed by atoms with Gasteiger partial charge in [0.15, 0.2) is 0 Å². The maximum atomic E-state index is 11.4. The smallest absolute Gasteiger partial charge is 0.305 e. The molecule has 0 heterocycles. The molecule has 0 saturated heterocycles. The Morgan fingerprint density at radius 1 is 0.792 bits per heavy atom. The van der Waals surface area contributed by atoms with Crippen molar-refractivity contribution < 1.29 is 19.7 Å². The van der Waals surface area contributed by atoms with Crippen LogP contribution in [0.25, 0.3) is 0 Å². The Labute approximate surface area is 149 Å². The predicted octanol–water partition coefficient (Wildman–Crippen LogP) is 4.57. The molecule has 0 aliphatic carbocycles. The van der Waals surface area contributed by atoms with Crippen molar-refractivity contribution in [1.29, 1.82) is 0 Å². The van der Waals surface area contributed by atoms with E-state index in [4.69, 9.17) is 14.9 Å². The molecule has 0 fully saturated rings. The van der Waals surface area contributed by atoms with Gasteiger partial charge in [-0.15, -0.1) is 0 Å². The zero-order chi connectivity index (χ0) is 17.9. The van der Waals surface area contributed by atoms with Crippen LogP contribution in [0.1, 0.15) is 96.3 Å². The molecular formula is C20H39O4. The molecular weight excluding hydrogens is 304 g/mol. The lowest BCUT2D eigenvalue weighted by molar-refractivity contribution is -0.147. The Hall–Kier alpha value is -0.610. The standard InChI is InChI=1S/C20H39O4/c1-2-3-4-5-6-7-8-9-10-11-12-13-14-15-16-20(23)24-18-19(22)17-21/h19,21-22H,1-18H2. The number of carbonyl (C=O) groups is 1. The van der Waals surface area contributed by atoms with Gasteiger partial charge in [-0.3, -0.25) is 4.79 Å². The molecule has 0 bridgehead atoms. The zero-order valence-electron chi connectivity index (χ0n) is 15.5. The molecule has 4 nitrogen and oxygen atoms in total. The summed E-state index contributed by atoms with van der Waals surface area (Å²) in [6.07, 6.45) is 17.0. The van der Waals surface area contributed by atoms with Gasteiger partial charge in [0, 0.05) is 6.42 Å². The second kappa shape index (κ2) is 18.7. The van der Waals surface area contributed by atoms with E-state index in [1.54, 1.807) is 0 Å². The van der Waals surface area contributed by atoms with Gasteiger partial charge in [-0.25, -0.2) is 0 Å². The molecule has 0 amide bonds. The van der Waals surface area contributed by atoms with Crippen molar-refractivity contribution in [3.8, 4) is 0 Å². The number of unbranched alkanes of at least 4 members (excludes halogenated alkanes) is 13. The van der Waals surface area contributed by atoms with Crippen LogP contribution in [-0.4, -0.2) is 35.5 Å². The highest BCUT2D eigenvalue weighted by molar-refractivity contribution is 5.69. The molecule has 0 aliphatic heterocycles. The van der Waals surface area contributed by atoms with E-state index in [0.717, 1.165) is 19.3 Å². The summed E-state index contributed by atoms with van der Waals surface area (Å²) in [6, 6.07) is 0. The van der Waals surface area contributed by atoms with Gasteiger partial charge in [-0.05, 0) is 6.42 Å². The third kappa shape index (κ3) is 17.7. The monoisotopic (exact) mass is 343 g/mol. The van der Waals surface area contributed by atoms with Gasteiger partial charge in [0.25, 0.3) is 0 Å². The van der Waals surface area contributed by atoms with Crippen molar-refractivity contribution in [2.24, 2.45) is 0 Å². The Morgan fingerprint density at radius 3 is 1.62 bits per heavy atom. The third-order valence-electron chi connectivity index (χ3n) is 4.28. The lowest BCUT2D eigenvalue weighted by Gasteiger charge is -2.08. The van der Waals surface area contributed by atoms with Gasteiger partial charge in [0.2, 0.25) is 0 Å². The molecule has 1 atom stereocenters. The molecule has 0 spiro atoms. The number of hydrogen-bond donors (Lipinski definition) is 2. The average Bonchev–Trinajstić information content (AvgIpc) is 2.59. The first-order valence-corrected chi connectivity index (χ1v) is 9.94. The van der Waals surface area contributed by atoms with E-state index in [1.807, 2.05) is 0 Å². The fraction of sp³-hybridized carbons (Fsp3) is 0.900. The topological polar surface area (TPSA) is 66.8 Å². The minimum atomic E-state index is -0.956. The fourth-order valence-electron chi connectivity index (χ4n) is 2.70. The number of aliphatic hydroxyl groups excluding tert-OH is 2. The summed E-state index contributed by atoms with van der Waals surface area (Å²) in [5, 5.41) is 17.7. The molecule has 0 rings (SSSR count). The fourth-order valence-corrected chi connectivity index (χ4v) is 2.70. The zero-order valence-corrected chi connectivity index (χ0v) is 15.5. The van der Waals surface area contributed by atoms with E-state index in [9.17, 15) is 4.79 Å². The van der Waals surface area contributed by atoms with Gasteiger partial charge < -0.3 is 14.9 Å². The van der Waals surface area contributed by atoms with Crippen LogP contribution in [0, 0.1) is 6.92 Å². The minimum absolute atomic E-state index is 0.106. The Morgan fingerprint density at radius 2 is 1.21 bits per heavy atom. The highest BCUT2D eigenvalue weighted by Gasteiger charge is 2.07. The highest BCUT2D eigenvalue weighted by Crippen LogP contribution is 2.13. The van der Waals surface area contributed by atoms with Crippen molar-refractivity contribution in [2.75, 3.05) is 13.2 Å². The third-order valence-corrected chi connectivity index (χ3v) is 4.28. The molecule has 24 heavy (non-hydrogen) atoms. The lowest BCUT2D eigenvalue weighted by atomic mass is 10.0. The molecule has 4 heteroatoms. The number of ether oxygens (including phenoxy) is 1. The number of hydrogen-bond acceptors (Lipinski definition) is 4. The van der Waals surface area contributed by atoms with Crippen molar-refractivity contribution in [3.05, 3.63) is 6.92 Å².